The Morgan fingerprint density at radius 3 is 3.11 bits per heavy atom. The SMILES string of the molecule is NC1CCCC(F)(Cc2cc(Cl)cc3c2OCC3)C1. The molecule has 1 aromatic rings. The first-order valence-electron chi connectivity index (χ1n) is 6.94. The van der Waals surface area contributed by atoms with Crippen LogP contribution in [0.1, 0.15) is 36.8 Å². The molecule has 0 saturated heterocycles. The zero-order chi connectivity index (χ0) is 13.5. The summed E-state index contributed by atoms with van der Waals surface area (Å²) in [6.07, 6.45) is 4.04. The van der Waals surface area contributed by atoms with Crippen molar-refractivity contribution in [1.29, 1.82) is 0 Å². The van der Waals surface area contributed by atoms with Crippen molar-refractivity contribution in [2.45, 2.75) is 50.2 Å². The molecule has 2 N–H and O–H groups in total. The molecule has 2 aliphatic rings. The fraction of sp³-hybridized carbons (Fsp3) is 0.600. The minimum atomic E-state index is -1.21. The first-order valence-corrected chi connectivity index (χ1v) is 7.32. The summed E-state index contributed by atoms with van der Waals surface area (Å²) in [7, 11) is 0. The van der Waals surface area contributed by atoms with Gasteiger partial charge in [0.05, 0.1) is 6.61 Å². The van der Waals surface area contributed by atoms with E-state index in [0.29, 0.717) is 30.9 Å². The molecule has 4 heteroatoms. The second kappa shape index (κ2) is 4.95. The smallest absolute Gasteiger partial charge is 0.126 e. The molecule has 1 saturated carbocycles. The quantitative estimate of drug-likeness (QED) is 0.902. The lowest BCUT2D eigenvalue weighted by molar-refractivity contribution is 0.0957. The largest absolute Gasteiger partial charge is 0.493 e. The molecule has 2 nitrogen and oxygen atoms in total. The van der Waals surface area contributed by atoms with Gasteiger partial charge in [0.25, 0.3) is 0 Å². The standard InChI is InChI=1S/C15H19ClFNO/c16-12-6-10-3-5-19-14(10)11(7-12)8-15(17)4-1-2-13(18)9-15/h6-7,13H,1-5,8-9,18H2. The maximum Gasteiger partial charge on any atom is 0.126 e. The summed E-state index contributed by atoms with van der Waals surface area (Å²) in [5.41, 5.74) is 6.71. The Labute approximate surface area is 118 Å². The third-order valence-corrected chi connectivity index (χ3v) is 4.38. The predicted octanol–water partition coefficient (Wildman–Crippen LogP) is 3.43. The van der Waals surface area contributed by atoms with Crippen molar-refractivity contribution in [3.63, 3.8) is 0 Å². The fourth-order valence-corrected chi connectivity index (χ4v) is 3.60. The second-order valence-electron chi connectivity index (χ2n) is 5.84. The molecule has 104 valence electrons. The molecule has 2 unspecified atom stereocenters. The third kappa shape index (κ3) is 2.72. The van der Waals surface area contributed by atoms with Crippen LogP contribution in [0.5, 0.6) is 5.75 Å². The van der Waals surface area contributed by atoms with Crippen LogP contribution in [0.25, 0.3) is 0 Å². The molecule has 0 aromatic heterocycles. The van der Waals surface area contributed by atoms with E-state index in [4.69, 9.17) is 22.1 Å². The van der Waals surface area contributed by atoms with Gasteiger partial charge in [0, 0.05) is 23.9 Å². The van der Waals surface area contributed by atoms with Gasteiger partial charge in [-0.25, -0.2) is 4.39 Å². The Balaban J connectivity index is 1.87. The molecule has 1 aliphatic carbocycles. The number of hydrogen-bond acceptors (Lipinski definition) is 2. The third-order valence-electron chi connectivity index (χ3n) is 4.16. The molecule has 0 amide bonds. The van der Waals surface area contributed by atoms with Crippen molar-refractivity contribution in [1.82, 2.24) is 0 Å². The minimum Gasteiger partial charge on any atom is -0.493 e. The second-order valence-corrected chi connectivity index (χ2v) is 6.27. The summed E-state index contributed by atoms with van der Waals surface area (Å²) in [6, 6.07) is 3.74. The molecule has 1 aliphatic heterocycles. The molecule has 0 bridgehead atoms. The summed E-state index contributed by atoms with van der Waals surface area (Å²) in [5.74, 6) is 0.848. The van der Waals surface area contributed by atoms with Gasteiger partial charge in [0.1, 0.15) is 11.4 Å². The molecule has 1 fully saturated rings. The Bertz CT molecular complexity index is 493. The number of halogens is 2. The molecule has 1 aromatic carbocycles. The van der Waals surface area contributed by atoms with Gasteiger partial charge in [-0.1, -0.05) is 11.6 Å². The molecule has 2 atom stereocenters. The number of ether oxygens (including phenoxy) is 1. The summed E-state index contributed by atoms with van der Waals surface area (Å²) in [6.45, 7) is 0.668. The number of rotatable bonds is 2. The van der Waals surface area contributed by atoms with E-state index in [1.165, 1.54) is 0 Å². The highest BCUT2D eigenvalue weighted by Gasteiger charge is 2.36. The minimum absolute atomic E-state index is 0.0214. The number of nitrogens with two attached hydrogens (primary N) is 1. The Kier molecular flexibility index (Phi) is 3.44. The summed E-state index contributed by atoms with van der Waals surface area (Å²) in [4.78, 5) is 0. The highest BCUT2D eigenvalue weighted by molar-refractivity contribution is 6.30. The maximum atomic E-state index is 14.9. The predicted molar refractivity (Wildman–Crippen MR) is 74.6 cm³/mol. The number of alkyl halides is 1. The van der Waals surface area contributed by atoms with Crippen LogP contribution < -0.4 is 10.5 Å². The van der Waals surface area contributed by atoms with Gasteiger partial charge in [-0.2, -0.15) is 0 Å². The summed E-state index contributed by atoms with van der Waals surface area (Å²) >= 11 is 6.12. The topological polar surface area (TPSA) is 35.2 Å². The molecule has 0 spiro atoms. The lowest BCUT2D eigenvalue weighted by Gasteiger charge is -2.33. The number of hydrogen-bond donors (Lipinski definition) is 1. The van der Waals surface area contributed by atoms with Gasteiger partial charge in [0.15, 0.2) is 0 Å². The van der Waals surface area contributed by atoms with Crippen molar-refractivity contribution >= 4 is 11.6 Å². The van der Waals surface area contributed by atoms with Gasteiger partial charge in [-0.15, -0.1) is 0 Å². The molecule has 3 rings (SSSR count). The van der Waals surface area contributed by atoms with E-state index in [1.807, 2.05) is 12.1 Å². The first-order chi connectivity index (χ1) is 9.06. The van der Waals surface area contributed by atoms with Crippen LogP contribution >= 0.6 is 11.6 Å². The Hall–Kier alpha value is -0.800. The van der Waals surface area contributed by atoms with Gasteiger partial charge in [-0.3, -0.25) is 0 Å². The lowest BCUT2D eigenvalue weighted by Crippen LogP contribution is -2.39. The molecular weight excluding hydrogens is 265 g/mol. The number of benzene rings is 1. The average Bonchev–Trinajstić information content (AvgIpc) is 2.75. The van der Waals surface area contributed by atoms with Crippen molar-refractivity contribution < 1.29 is 9.13 Å². The van der Waals surface area contributed by atoms with Crippen LogP contribution in [0.2, 0.25) is 5.02 Å². The zero-order valence-electron chi connectivity index (χ0n) is 10.9. The van der Waals surface area contributed by atoms with Gasteiger partial charge in [0.2, 0.25) is 0 Å². The van der Waals surface area contributed by atoms with Crippen molar-refractivity contribution in [3.05, 3.63) is 28.3 Å². The molecule has 19 heavy (non-hydrogen) atoms. The molecule has 1 heterocycles. The molecular formula is C15H19ClFNO. The van der Waals surface area contributed by atoms with E-state index in [-0.39, 0.29) is 6.04 Å². The number of fused-ring (bicyclic) bond motifs is 1. The summed E-state index contributed by atoms with van der Waals surface area (Å²) < 4.78 is 20.6. The Morgan fingerprint density at radius 1 is 1.47 bits per heavy atom. The average molecular weight is 284 g/mol. The highest BCUT2D eigenvalue weighted by Crippen LogP contribution is 2.40. The molecule has 0 radical (unpaired) electrons. The van der Waals surface area contributed by atoms with Crippen LogP contribution in [-0.2, 0) is 12.8 Å². The van der Waals surface area contributed by atoms with E-state index in [0.717, 1.165) is 36.1 Å². The van der Waals surface area contributed by atoms with Crippen LogP contribution in [0, 0.1) is 0 Å². The first kappa shape index (κ1) is 13.2. The normalized spacial score (nSPS) is 29.9. The highest BCUT2D eigenvalue weighted by atomic mass is 35.5. The van der Waals surface area contributed by atoms with Crippen LogP contribution in [0.4, 0.5) is 4.39 Å². The summed E-state index contributed by atoms with van der Waals surface area (Å²) in [5, 5.41) is 0.669. The van der Waals surface area contributed by atoms with E-state index < -0.39 is 5.67 Å². The van der Waals surface area contributed by atoms with Crippen molar-refractivity contribution in [3.8, 4) is 5.75 Å². The maximum absolute atomic E-state index is 14.9. The van der Waals surface area contributed by atoms with E-state index in [1.54, 1.807) is 0 Å². The van der Waals surface area contributed by atoms with Crippen molar-refractivity contribution in [2.24, 2.45) is 5.73 Å². The van der Waals surface area contributed by atoms with Gasteiger partial charge < -0.3 is 10.5 Å². The fourth-order valence-electron chi connectivity index (χ4n) is 3.33. The van der Waals surface area contributed by atoms with Crippen molar-refractivity contribution in [2.75, 3.05) is 6.61 Å². The van der Waals surface area contributed by atoms with E-state index in [2.05, 4.69) is 0 Å². The Morgan fingerprint density at radius 2 is 2.32 bits per heavy atom. The van der Waals surface area contributed by atoms with E-state index >= 15 is 0 Å². The lowest BCUT2D eigenvalue weighted by atomic mass is 9.79. The van der Waals surface area contributed by atoms with Crippen LogP contribution in [0.15, 0.2) is 12.1 Å². The van der Waals surface area contributed by atoms with Crippen LogP contribution in [-0.4, -0.2) is 18.3 Å². The van der Waals surface area contributed by atoms with E-state index in [9.17, 15) is 4.39 Å². The van der Waals surface area contributed by atoms with Crippen LogP contribution in [0.3, 0.4) is 0 Å². The zero-order valence-corrected chi connectivity index (χ0v) is 11.7. The van der Waals surface area contributed by atoms with Gasteiger partial charge in [-0.05, 0) is 48.9 Å². The monoisotopic (exact) mass is 283 g/mol. The van der Waals surface area contributed by atoms with Gasteiger partial charge >= 0.3 is 0 Å².